The smallest absolute Gasteiger partial charge is 0.267 e. The molecule has 1 aliphatic carbocycles. The Kier molecular flexibility index (Phi) is 6.17. The first-order chi connectivity index (χ1) is 12.6. The lowest BCUT2D eigenvalue weighted by atomic mass is 9.88. The van der Waals surface area contributed by atoms with Gasteiger partial charge in [0, 0.05) is 18.2 Å². The third-order valence-corrected chi connectivity index (χ3v) is 5.40. The van der Waals surface area contributed by atoms with Crippen molar-refractivity contribution < 1.29 is 14.3 Å². The third-order valence-electron chi connectivity index (χ3n) is 5.40. The fourth-order valence-electron chi connectivity index (χ4n) is 3.84. The first kappa shape index (κ1) is 18.7. The lowest BCUT2D eigenvalue weighted by Crippen LogP contribution is -2.44. The van der Waals surface area contributed by atoms with Gasteiger partial charge in [-0.3, -0.25) is 9.59 Å². The maximum absolute atomic E-state index is 12.6. The van der Waals surface area contributed by atoms with E-state index >= 15 is 0 Å². The van der Waals surface area contributed by atoms with Crippen LogP contribution < -0.4 is 15.0 Å². The number of amides is 2. The first-order valence-corrected chi connectivity index (χ1v) is 10.0. The van der Waals surface area contributed by atoms with Crippen molar-refractivity contribution in [3.05, 3.63) is 18.2 Å². The quantitative estimate of drug-likeness (QED) is 0.761. The number of nitrogens with zero attached hydrogens (tertiary/aromatic N) is 1. The molecule has 1 fully saturated rings. The maximum atomic E-state index is 12.6. The number of benzene rings is 1. The van der Waals surface area contributed by atoms with Crippen LogP contribution in [0.15, 0.2) is 18.2 Å². The van der Waals surface area contributed by atoms with Crippen LogP contribution in [0.4, 0.5) is 11.4 Å². The Bertz CT molecular complexity index is 653. The first-order valence-electron chi connectivity index (χ1n) is 10.0. The van der Waals surface area contributed by atoms with Crippen LogP contribution in [0.5, 0.6) is 5.75 Å². The highest BCUT2D eigenvalue weighted by atomic mass is 16.5. The highest BCUT2D eigenvalue weighted by molar-refractivity contribution is 6.01. The van der Waals surface area contributed by atoms with Crippen LogP contribution in [-0.4, -0.2) is 24.5 Å². The van der Waals surface area contributed by atoms with Crippen molar-refractivity contribution in [2.45, 2.75) is 71.3 Å². The standard InChI is InChI=1S/C21H30N2O3/c1-3-4-8-13-23-18-14-17(11-12-19(18)26-15(2)21(23)25)22-20(24)16-9-6-5-7-10-16/h11-12,14-16H,3-10,13H2,1-2H3,(H,22,24). The predicted octanol–water partition coefficient (Wildman–Crippen LogP) is 4.51. The van der Waals surface area contributed by atoms with Gasteiger partial charge in [-0.15, -0.1) is 0 Å². The number of unbranched alkanes of at least 4 members (excludes halogenated alkanes) is 2. The maximum Gasteiger partial charge on any atom is 0.267 e. The lowest BCUT2D eigenvalue weighted by molar-refractivity contribution is -0.125. The monoisotopic (exact) mass is 358 g/mol. The minimum absolute atomic E-state index is 0.00985. The molecule has 1 unspecified atom stereocenters. The van der Waals surface area contributed by atoms with Crippen LogP contribution in [-0.2, 0) is 9.59 Å². The van der Waals surface area contributed by atoms with Crippen molar-refractivity contribution >= 4 is 23.2 Å². The van der Waals surface area contributed by atoms with E-state index < -0.39 is 6.10 Å². The van der Waals surface area contributed by atoms with Gasteiger partial charge >= 0.3 is 0 Å². The molecular formula is C21H30N2O3. The number of carbonyl (C=O) groups excluding carboxylic acids is 2. The van der Waals surface area contributed by atoms with Crippen molar-refractivity contribution in [3.8, 4) is 5.75 Å². The summed E-state index contributed by atoms with van der Waals surface area (Å²) in [6.07, 6.45) is 8.14. The average molecular weight is 358 g/mol. The number of nitrogens with one attached hydrogen (secondary N) is 1. The Hall–Kier alpha value is -2.04. The van der Waals surface area contributed by atoms with Gasteiger partial charge in [0.25, 0.3) is 5.91 Å². The van der Waals surface area contributed by atoms with Gasteiger partial charge in [0.2, 0.25) is 5.91 Å². The molecule has 0 spiro atoms. The fourth-order valence-corrected chi connectivity index (χ4v) is 3.84. The second-order valence-electron chi connectivity index (χ2n) is 7.46. The summed E-state index contributed by atoms with van der Waals surface area (Å²) in [6, 6.07) is 5.61. The van der Waals surface area contributed by atoms with E-state index in [1.807, 2.05) is 23.1 Å². The minimum atomic E-state index is -0.466. The van der Waals surface area contributed by atoms with E-state index in [2.05, 4.69) is 12.2 Å². The summed E-state index contributed by atoms with van der Waals surface area (Å²) in [5.74, 6) is 0.908. The minimum Gasteiger partial charge on any atom is -0.479 e. The van der Waals surface area contributed by atoms with Gasteiger partial charge in [0.15, 0.2) is 6.10 Å². The summed E-state index contributed by atoms with van der Waals surface area (Å²) in [7, 11) is 0. The fraction of sp³-hybridized carbons (Fsp3) is 0.619. The third kappa shape index (κ3) is 4.19. The van der Waals surface area contributed by atoms with E-state index in [0.717, 1.165) is 56.3 Å². The molecule has 0 aromatic heterocycles. The Labute approximate surface area is 156 Å². The largest absolute Gasteiger partial charge is 0.479 e. The normalized spacial score (nSPS) is 20.5. The van der Waals surface area contributed by atoms with Gasteiger partial charge in [-0.1, -0.05) is 39.0 Å². The van der Waals surface area contributed by atoms with Crippen LogP contribution in [0.2, 0.25) is 0 Å². The van der Waals surface area contributed by atoms with Gasteiger partial charge < -0.3 is 15.0 Å². The molecule has 1 aromatic rings. The van der Waals surface area contributed by atoms with E-state index in [9.17, 15) is 9.59 Å². The molecule has 0 bridgehead atoms. The van der Waals surface area contributed by atoms with Crippen LogP contribution in [0.1, 0.15) is 65.2 Å². The second-order valence-corrected chi connectivity index (χ2v) is 7.46. The molecule has 2 amide bonds. The predicted molar refractivity (Wildman–Crippen MR) is 104 cm³/mol. The Balaban J connectivity index is 1.76. The number of ether oxygens (including phenoxy) is 1. The molecule has 1 atom stereocenters. The van der Waals surface area contributed by atoms with Gasteiger partial charge in [-0.2, -0.15) is 0 Å². The number of rotatable bonds is 6. The molecule has 2 aliphatic rings. The van der Waals surface area contributed by atoms with Crippen molar-refractivity contribution in [2.24, 2.45) is 5.92 Å². The van der Waals surface area contributed by atoms with Gasteiger partial charge in [0.05, 0.1) is 5.69 Å². The van der Waals surface area contributed by atoms with Gasteiger partial charge in [-0.05, 0) is 44.4 Å². The molecule has 0 radical (unpaired) electrons. The summed E-state index contributed by atoms with van der Waals surface area (Å²) >= 11 is 0. The van der Waals surface area contributed by atoms with Crippen LogP contribution >= 0.6 is 0 Å². The van der Waals surface area contributed by atoms with E-state index in [4.69, 9.17) is 4.74 Å². The molecule has 3 rings (SSSR count). The number of carbonyl (C=O) groups is 2. The van der Waals surface area contributed by atoms with Gasteiger partial charge in [-0.25, -0.2) is 0 Å². The van der Waals surface area contributed by atoms with Crippen LogP contribution in [0, 0.1) is 5.92 Å². The number of fused-ring (bicyclic) bond motifs is 1. The van der Waals surface area contributed by atoms with Crippen LogP contribution in [0.3, 0.4) is 0 Å². The average Bonchev–Trinajstić information content (AvgIpc) is 2.66. The van der Waals surface area contributed by atoms with Crippen molar-refractivity contribution in [2.75, 3.05) is 16.8 Å². The van der Waals surface area contributed by atoms with E-state index in [-0.39, 0.29) is 17.7 Å². The number of anilines is 2. The molecule has 1 aliphatic heterocycles. The molecule has 5 heteroatoms. The highest BCUT2D eigenvalue weighted by Gasteiger charge is 2.31. The Morgan fingerprint density at radius 2 is 2.00 bits per heavy atom. The zero-order chi connectivity index (χ0) is 18.5. The van der Waals surface area contributed by atoms with E-state index in [0.29, 0.717) is 12.3 Å². The molecule has 0 saturated heterocycles. The summed E-state index contributed by atoms with van der Waals surface area (Å²) in [4.78, 5) is 26.9. The summed E-state index contributed by atoms with van der Waals surface area (Å²) < 4.78 is 5.75. The molecular weight excluding hydrogens is 328 g/mol. The summed E-state index contributed by atoms with van der Waals surface area (Å²) in [5, 5.41) is 3.04. The van der Waals surface area contributed by atoms with Crippen LogP contribution in [0.25, 0.3) is 0 Å². The van der Waals surface area contributed by atoms with Crippen molar-refractivity contribution in [1.82, 2.24) is 0 Å². The summed E-state index contributed by atoms with van der Waals surface area (Å²) in [6.45, 7) is 4.63. The molecule has 26 heavy (non-hydrogen) atoms. The molecule has 1 saturated carbocycles. The number of hydrogen-bond donors (Lipinski definition) is 1. The Morgan fingerprint density at radius 1 is 1.23 bits per heavy atom. The van der Waals surface area contributed by atoms with Crippen molar-refractivity contribution in [1.29, 1.82) is 0 Å². The lowest BCUT2D eigenvalue weighted by Gasteiger charge is -2.33. The highest BCUT2D eigenvalue weighted by Crippen LogP contribution is 2.37. The SMILES string of the molecule is CCCCCN1C(=O)C(C)Oc2ccc(NC(=O)C3CCCCC3)cc21. The van der Waals surface area contributed by atoms with E-state index in [1.165, 1.54) is 6.42 Å². The molecule has 5 nitrogen and oxygen atoms in total. The second kappa shape index (κ2) is 8.56. The Morgan fingerprint density at radius 3 is 2.73 bits per heavy atom. The molecule has 1 heterocycles. The number of hydrogen-bond acceptors (Lipinski definition) is 3. The zero-order valence-electron chi connectivity index (χ0n) is 15.9. The summed E-state index contributed by atoms with van der Waals surface area (Å²) in [5.41, 5.74) is 1.51. The van der Waals surface area contributed by atoms with Gasteiger partial charge in [0.1, 0.15) is 5.75 Å². The topological polar surface area (TPSA) is 58.6 Å². The van der Waals surface area contributed by atoms with E-state index in [1.54, 1.807) is 6.92 Å². The molecule has 1 N–H and O–H groups in total. The molecule has 1 aromatic carbocycles. The molecule has 142 valence electrons. The van der Waals surface area contributed by atoms with Crippen molar-refractivity contribution in [3.63, 3.8) is 0 Å². The zero-order valence-corrected chi connectivity index (χ0v) is 15.9.